The van der Waals surface area contributed by atoms with Crippen molar-refractivity contribution in [3.8, 4) is 0 Å². The van der Waals surface area contributed by atoms with E-state index in [1.165, 1.54) is 25.1 Å². The zero-order valence-corrected chi connectivity index (χ0v) is 21.6. The number of carbonyl (C=O) groups is 1. The molecule has 0 aliphatic carbocycles. The van der Waals surface area contributed by atoms with E-state index in [0.717, 1.165) is 25.5 Å². The Labute approximate surface area is 232 Å². The van der Waals surface area contributed by atoms with E-state index in [9.17, 15) is 31.1 Å². The molecule has 0 aromatic carbocycles. The lowest BCUT2D eigenvalue weighted by atomic mass is 10.2. The molecule has 222 valence electrons. The number of nitrogens with one attached hydrogen (secondary N) is 2. The van der Waals surface area contributed by atoms with E-state index in [2.05, 4.69) is 20.6 Å². The van der Waals surface area contributed by atoms with Crippen LogP contribution in [0.5, 0.6) is 0 Å². The monoisotopic (exact) mass is 610 g/mol. The van der Waals surface area contributed by atoms with Crippen LogP contribution in [-0.4, -0.2) is 66.3 Å². The molecule has 1 aliphatic heterocycles. The van der Waals surface area contributed by atoms with E-state index in [1.54, 1.807) is 6.92 Å². The van der Waals surface area contributed by atoms with E-state index >= 15 is 0 Å². The first-order valence-corrected chi connectivity index (χ1v) is 11.8. The third-order valence-electron chi connectivity index (χ3n) is 4.28. The second-order valence-electron chi connectivity index (χ2n) is 7.35. The summed E-state index contributed by atoms with van der Waals surface area (Å²) in [6, 6.07) is 2.37. The number of halogens is 8. The zero-order chi connectivity index (χ0) is 28.8. The Morgan fingerprint density at radius 2 is 1.46 bits per heavy atom. The van der Waals surface area contributed by atoms with E-state index in [4.69, 9.17) is 37.8 Å². The maximum Gasteiger partial charge on any atom is 0.405 e. The van der Waals surface area contributed by atoms with E-state index in [-0.39, 0.29) is 46.8 Å². The van der Waals surface area contributed by atoms with Crippen LogP contribution in [0.1, 0.15) is 43.1 Å². The quantitative estimate of drug-likeness (QED) is 0.185. The summed E-state index contributed by atoms with van der Waals surface area (Å²) in [5.74, 6) is -0.758. The van der Waals surface area contributed by atoms with Crippen LogP contribution in [0.3, 0.4) is 0 Å². The number of carbonyl (C=O) groups excluding carboxylic acids is 1. The molecule has 0 atom stereocenters. The molecular formula is C23H30Cl2F6N4O4. The molecule has 0 amide bonds. The van der Waals surface area contributed by atoms with Crippen molar-refractivity contribution in [2.45, 2.75) is 46.2 Å². The number of aliphatic hydroxyl groups is 1. The lowest BCUT2D eigenvalue weighted by molar-refractivity contribution is -0.116. The summed E-state index contributed by atoms with van der Waals surface area (Å²) in [7, 11) is 0. The van der Waals surface area contributed by atoms with Gasteiger partial charge in [-0.2, -0.15) is 26.3 Å². The standard InChI is InChI=1S/C10H10ClF3N2O2.C8H8ClF3N2O.C4H8O.CH4/c1-2-18-9(17)6-4-15-8(11)3-7(6)16-5-10(12,13)14;9-7-1-6(5(3-15)2-13-7)14-4-8(10,11)12;1-2-4-5-3-1;/h3-4H,2,5H2,1H3,(H,15,16);1-2,15H,3-4H2,(H,13,14);1-4H2;1H4. The van der Waals surface area contributed by atoms with Crippen LogP contribution in [0.4, 0.5) is 37.7 Å². The molecule has 2 aromatic rings. The van der Waals surface area contributed by atoms with Gasteiger partial charge in [-0.25, -0.2) is 14.8 Å². The van der Waals surface area contributed by atoms with Crippen molar-refractivity contribution in [3.63, 3.8) is 0 Å². The van der Waals surface area contributed by atoms with Gasteiger partial charge in [-0.15, -0.1) is 0 Å². The van der Waals surface area contributed by atoms with Gasteiger partial charge >= 0.3 is 18.3 Å². The van der Waals surface area contributed by atoms with Gasteiger partial charge in [0.1, 0.15) is 29.0 Å². The number of pyridine rings is 2. The average molecular weight is 611 g/mol. The van der Waals surface area contributed by atoms with E-state index in [1.807, 2.05) is 0 Å². The van der Waals surface area contributed by atoms with Crippen LogP contribution in [0.25, 0.3) is 0 Å². The van der Waals surface area contributed by atoms with Gasteiger partial charge in [-0.3, -0.25) is 0 Å². The topological polar surface area (TPSA) is 106 Å². The number of ether oxygens (including phenoxy) is 2. The maximum absolute atomic E-state index is 12.1. The lowest BCUT2D eigenvalue weighted by Crippen LogP contribution is -2.22. The number of anilines is 2. The van der Waals surface area contributed by atoms with Crippen molar-refractivity contribution in [2.24, 2.45) is 0 Å². The molecule has 1 aliphatic rings. The van der Waals surface area contributed by atoms with E-state index < -0.39 is 38.0 Å². The molecule has 0 radical (unpaired) electrons. The molecule has 0 bridgehead atoms. The molecule has 3 heterocycles. The van der Waals surface area contributed by atoms with Crippen LogP contribution < -0.4 is 10.6 Å². The summed E-state index contributed by atoms with van der Waals surface area (Å²) in [5, 5.41) is 13.1. The van der Waals surface area contributed by atoms with Crippen LogP contribution in [0, 0.1) is 0 Å². The number of esters is 1. The van der Waals surface area contributed by atoms with Crippen LogP contribution in [0.15, 0.2) is 24.5 Å². The first-order chi connectivity index (χ1) is 17.8. The fourth-order valence-electron chi connectivity index (χ4n) is 2.60. The largest absolute Gasteiger partial charge is 0.462 e. The van der Waals surface area contributed by atoms with Crippen LogP contribution >= 0.6 is 23.2 Å². The molecule has 3 N–H and O–H groups in total. The van der Waals surface area contributed by atoms with Gasteiger partial charge < -0.3 is 25.2 Å². The number of hydrogen-bond donors (Lipinski definition) is 3. The summed E-state index contributed by atoms with van der Waals surface area (Å²) in [6.45, 7) is 0.842. The molecule has 3 rings (SSSR count). The number of aliphatic hydroxyl groups excluding tert-OH is 1. The summed E-state index contributed by atoms with van der Waals surface area (Å²) >= 11 is 11.1. The summed E-state index contributed by atoms with van der Waals surface area (Å²) in [5.41, 5.74) is 0.245. The molecular weight excluding hydrogens is 581 g/mol. The van der Waals surface area contributed by atoms with Crippen molar-refractivity contribution in [1.29, 1.82) is 0 Å². The molecule has 2 aromatic heterocycles. The highest BCUT2D eigenvalue weighted by atomic mass is 35.5. The molecule has 1 fully saturated rings. The molecule has 16 heteroatoms. The van der Waals surface area contributed by atoms with Crippen molar-refractivity contribution >= 4 is 40.5 Å². The van der Waals surface area contributed by atoms with Gasteiger partial charge in [-0.1, -0.05) is 30.6 Å². The minimum absolute atomic E-state index is 0. The minimum atomic E-state index is -4.40. The van der Waals surface area contributed by atoms with Gasteiger partial charge in [0.15, 0.2) is 0 Å². The fraction of sp³-hybridized carbons (Fsp3) is 0.522. The van der Waals surface area contributed by atoms with Crippen molar-refractivity contribution in [3.05, 3.63) is 46.0 Å². The molecule has 0 spiro atoms. The number of hydrogen-bond acceptors (Lipinski definition) is 8. The van der Waals surface area contributed by atoms with Gasteiger partial charge in [0.2, 0.25) is 0 Å². The van der Waals surface area contributed by atoms with Gasteiger partial charge in [0.25, 0.3) is 0 Å². The first-order valence-electron chi connectivity index (χ1n) is 11.0. The summed E-state index contributed by atoms with van der Waals surface area (Å²) in [6.07, 6.45) is -3.87. The summed E-state index contributed by atoms with van der Waals surface area (Å²) < 4.78 is 81.6. The number of alkyl halides is 6. The van der Waals surface area contributed by atoms with Gasteiger partial charge in [0.05, 0.1) is 18.9 Å². The van der Waals surface area contributed by atoms with Crippen LogP contribution in [0.2, 0.25) is 10.3 Å². The lowest BCUT2D eigenvalue weighted by Gasteiger charge is -2.12. The van der Waals surface area contributed by atoms with Crippen molar-refractivity contribution < 1.29 is 45.7 Å². The smallest absolute Gasteiger partial charge is 0.405 e. The van der Waals surface area contributed by atoms with E-state index in [0.29, 0.717) is 0 Å². The number of nitrogens with zero attached hydrogens (tertiary/aromatic N) is 2. The van der Waals surface area contributed by atoms with Gasteiger partial charge in [-0.05, 0) is 31.9 Å². The summed E-state index contributed by atoms with van der Waals surface area (Å²) in [4.78, 5) is 18.7. The predicted octanol–water partition coefficient (Wildman–Crippen LogP) is 6.52. The van der Waals surface area contributed by atoms with Crippen molar-refractivity contribution in [1.82, 2.24) is 9.97 Å². The third kappa shape index (κ3) is 16.2. The zero-order valence-electron chi connectivity index (χ0n) is 20.1. The Morgan fingerprint density at radius 3 is 1.90 bits per heavy atom. The Balaban J connectivity index is 0.000000619. The number of rotatable bonds is 7. The van der Waals surface area contributed by atoms with Crippen molar-refractivity contribution in [2.75, 3.05) is 43.5 Å². The Kier molecular flexibility index (Phi) is 16.8. The molecule has 0 saturated carbocycles. The Bertz CT molecular complexity index is 1000. The highest BCUT2D eigenvalue weighted by Crippen LogP contribution is 2.23. The second kappa shape index (κ2) is 17.9. The Morgan fingerprint density at radius 1 is 0.974 bits per heavy atom. The van der Waals surface area contributed by atoms with Gasteiger partial charge in [0, 0.05) is 36.9 Å². The molecule has 0 unspecified atom stereocenters. The molecule has 39 heavy (non-hydrogen) atoms. The molecule has 8 nitrogen and oxygen atoms in total. The normalized spacial score (nSPS) is 12.7. The fourth-order valence-corrected chi connectivity index (χ4v) is 2.91. The predicted molar refractivity (Wildman–Crippen MR) is 136 cm³/mol. The molecule has 1 saturated heterocycles. The highest BCUT2D eigenvalue weighted by Gasteiger charge is 2.28. The highest BCUT2D eigenvalue weighted by molar-refractivity contribution is 6.30. The first kappa shape index (κ1) is 36.5. The Hall–Kier alpha value is -2.55. The SMILES string of the molecule is C.C1CCOC1.CCOC(=O)c1cnc(Cl)cc1NCC(F)(F)F.OCc1cnc(Cl)cc1NCC(F)(F)F. The van der Waals surface area contributed by atoms with Crippen LogP contribution in [-0.2, 0) is 16.1 Å². The number of aromatic nitrogens is 2. The minimum Gasteiger partial charge on any atom is -0.462 e. The third-order valence-corrected chi connectivity index (χ3v) is 4.69. The maximum atomic E-state index is 12.1. The second-order valence-corrected chi connectivity index (χ2v) is 8.13. The average Bonchev–Trinajstić information content (AvgIpc) is 3.42.